The lowest BCUT2D eigenvalue weighted by Gasteiger charge is -2.27. The molecule has 1 atom stereocenters. The molecule has 112 valence electrons. The van der Waals surface area contributed by atoms with Crippen LogP contribution in [0.5, 0.6) is 0 Å². The normalized spacial score (nSPS) is 17.9. The Hall–Kier alpha value is -1.06. The highest BCUT2D eigenvalue weighted by atomic mass is 16.5. The van der Waals surface area contributed by atoms with Gasteiger partial charge in [-0.1, -0.05) is 19.1 Å². The number of hydrogen-bond donors (Lipinski definition) is 1. The van der Waals surface area contributed by atoms with E-state index in [-0.39, 0.29) is 0 Å². The van der Waals surface area contributed by atoms with Crippen molar-refractivity contribution in [2.24, 2.45) is 5.92 Å². The standard InChI is InChI=1S/C17H28N2O/c1-4-18-17(13-14-9-11-20-12-10-14)15-5-7-16(8-6-15)19(2)3/h5-8,14,17-18H,4,9-13H2,1-3H3. The molecule has 1 heterocycles. The molecule has 3 nitrogen and oxygen atoms in total. The molecule has 0 amide bonds. The van der Waals surface area contributed by atoms with Gasteiger partial charge in [-0.05, 0) is 49.4 Å². The van der Waals surface area contributed by atoms with E-state index in [1.807, 2.05) is 0 Å². The van der Waals surface area contributed by atoms with Gasteiger partial charge in [0.05, 0.1) is 0 Å². The summed E-state index contributed by atoms with van der Waals surface area (Å²) in [6.07, 6.45) is 3.63. The highest BCUT2D eigenvalue weighted by Crippen LogP contribution is 2.28. The Morgan fingerprint density at radius 2 is 1.85 bits per heavy atom. The van der Waals surface area contributed by atoms with Gasteiger partial charge in [0, 0.05) is 39.0 Å². The maximum Gasteiger partial charge on any atom is 0.0468 e. The molecule has 0 aromatic heterocycles. The molecule has 1 N–H and O–H groups in total. The molecule has 0 radical (unpaired) electrons. The van der Waals surface area contributed by atoms with Crippen LogP contribution < -0.4 is 10.2 Å². The number of rotatable bonds is 6. The Morgan fingerprint density at radius 3 is 2.40 bits per heavy atom. The highest BCUT2D eigenvalue weighted by Gasteiger charge is 2.20. The van der Waals surface area contributed by atoms with E-state index in [0.717, 1.165) is 25.7 Å². The van der Waals surface area contributed by atoms with Gasteiger partial charge in [-0.15, -0.1) is 0 Å². The Labute approximate surface area is 123 Å². The van der Waals surface area contributed by atoms with Gasteiger partial charge in [0.2, 0.25) is 0 Å². The molecule has 0 bridgehead atoms. The summed E-state index contributed by atoms with van der Waals surface area (Å²) >= 11 is 0. The average molecular weight is 276 g/mol. The van der Waals surface area contributed by atoms with Crippen LogP contribution in [0.15, 0.2) is 24.3 Å². The van der Waals surface area contributed by atoms with Crippen LogP contribution in [0.25, 0.3) is 0 Å². The maximum absolute atomic E-state index is 5.46. The molecule has 1 aliphatic heterocycles. The van der Waals surface area contributed by atoms with E-state index in [1.54, 1.807) is 0 Å². The third-order valence-electron chi connectivity index (χ3n) is 4.17. The minimum atomic E-state index is 0.472. The van der Waals surface area contributed by atoms with Crippen LogP contribution in [0.1, 0.15) is 37.8 Å². The van der Waals surface area contributed by atoms with Gasteiger partial charge >= 0.3 is 0 Å². The van der Waals surface area contributed by atoms with Crippen molar-refractivity contribution < 1.29 is 4.74 Å². The smallest absolute Gasteiger partial charge is 0.0468 e. The maximum atomic E-state index is 5.46. The molecule has 1 unspecified atom stereocenters. The zero-order valence-corrected chi connectivity index (χ0v) is 13.1. The first-order valence-corrected chi connectivity index (χ1v) is 7.79. The van der Waals surface area contributed by atoms with Crippen molar-refractivity contribution in [3.8, 4) is 0 Å². The summed E-state index contributed by atoms with van der Waals surface area (Å²) in [4.78, 5) is 2.14. The zero-order chi connectivity index (χ0) is 14.4. The number of nitrogens with one attached hydrogen (secondary N) is 1. The summed E-state index contributed by atoms with van der Waals surface area (Å²) in [5.74, 6) is 0.793. The van der Waals surface area contributed by atoms with E-state index in [1.165, 1.54) is 30.5 Å². The molecular weight excluding hydrogens is 248 g/mol. The molecule has 2 rings (SSSR count). The largest absolute Gasteiger partial charge is 0.381 e. The van der Waals surface area contributed by atoms with E-state index in [2.05, 4.69) is 55.5 Å². The van der Waals surface area contributed by atoms with Crippen molar-refractivity contribution in [2.45, 2.75) is 32.2 Å². The first kappa shape index (κ1) is 15.3. The lowest BCUT2D eigenvalue weighted by Crippen LogP contribution is -2.26. The van der Waals surface area contributed by atoms with Crippen LogP contribution in [0.3, 0.4) is 0 Å². The van der Waals surface area contributed by atoms with Crippen molar-refractivity contribution in [3.05, 3.63) is 29.8 Å². The number of anilines is 1. The monoisotopic (exact) mass is 276 g/mol. The molecule has 0 saturated carbocycles. The minimum Gasteiger partial charge on any atom is -0.381 e. The predicted molar refractivity (Wildman–Crippen MR) is 85.3 cm³/mol. The Kier molecular flexibility index (Phi) is 5.86. The minimum absolute atomic E-state index is 0.472. The first-order valence-electron chi connectivity index (χ1n) is 7.79. The van der Waals surface area contributed by atoms with Crippen molar-refractivity contribution >= 4 is 5.69 Å². The van der Waals surface area contributed by atoms with Gasteiger partial charge < -0.3 is 15.0 Å². The number of ether oxygens (including phenoxy) is 1. The second-order valence-electron chi connectivity index (χ2n) is 5.89. The molecule has 20 heavy (non-hydrogen) atoms. The van der Waals surface area contributed by atoms with Gasteiger partial charge in [0.25, 0.3) is 0 Å². The molecular formula is C17H28N2O. The SMILES string of the molecule is CCNC(CC1CCOCC1)c1ccc(N(C)C)cc1. The van der Waals surface area contributed by atoms with E-state index >= 15 is 0 Å². The third kappa shape index (κ3) is 4.22. The van der Waals surface area contributed by atoms with Gasteiger partial charge in [-0.2, -0.15) is 0 Å². The third-order valence-corrected chi connectivity index (χ3v) is 4.17. The molecule has 1 fully saturated rings. The van der Waals surface area contributed by atoms with Crippen LogP contribution in [-0.2, 0) is 4.74 Å². The predicted octanol–water partition coefficient (Wildman–Crippen LogP) is 3.22. The van der Waals surface area contributed by atoms with Crippen LogP contribution in [-0.4, -0.2) is 33.9 Å². The van der Waals surface area contributed by atoms with Gasteiger partial charge in [0.15, 0.2) is 0 Å². The topological polar surface area (TPSA) is 24.5 Å². The summed E-state index contributed by atoms with van der Waals surface area (Å²) in [5, 5.41) is 3.64. The van der Waals surface area contributed by atoms with Crippen molar-refractivity contribution in [1.29, 1.82) is 0 Å². The van der Waals surface area contributed by atoms with E-state index in [9.17, 15) is 0 Å². The van der Waals surface area contributed by atoms with E-state index in [4.69, 9.17) is 4.74 Å². The lowest BCUT2D eigenvalue weighted by molar-refractivity contribution is 0.0606. The van der Waals surface area contributed by atoms with E-state index in [0.29, 0.717) is 6.04 Å². The van der Waals surface area contributed by atoms with Crippen molar-refractivity contribution in [1.82, 2.24) is 5.32 Å². The second-order valence-corrected chi connectivity index (χ2v) is 5.89. The number of nitrogens with zero attached hydrogens (tertiary/aromatic N) is 1. The fourth-order valence-electron chi connectivity index (χ4n) is 2.90. The fraction of sp³-hybridized carbons (Fsp3) is 0.647. The van der Waals surface area contributed by atoms with E-state index < -0.39 is 0 Å². The number of hydrogen-bond acceptors (Lipinski definition) is 3. The van der Waals surface area contributed by atoms with Crippen LogP contribution in [0.2, 0.25) is 0 Å². The Morgan fingerprint density at radius 1 is 1.20 bits per heavy atom. The highest BCUT2D eigenvalue weighted by molar-refractivity contribution is 5.46. The second kappa shape index (κ2) is 7.65. The van der Waals surface area contributed by atoms with Crippen molar-refractivity contribution in [3.63, 3.8) is 0 Å². The van der Waals surface area contributed by atoms with Crippen LogP contribution in [0.4, 0.5) is 5.69 Å². The van der Waals surface area contributed by atoms with Crippen LogP contribution in [0, 0.1) is 5.92 Å². The molecule has 1 aliphatic rings. The van der Waals surface area contributed by atoms with Gasteiger partial charge in [-0.3, -0.25) is 0 Å². The Bertz CT molecular complexity index is 382. The molecule has 3 heteroatoms. The number of benzene rings is 1. The summed E-state index contributed by atoms with van der Waals surface area (Å²) in [5.41, 5.74) is 2.67. The van der Waals surface area contributed by atoms with Crippen LogP contribution >= 0.6 is 0 Å². The quantitative estimate of drug-likeness (QED) is 0.863. The lowest BCUT2D eigenvalue weighted by atomic mass is 9.89. The molecule has 1 saturated heterocycles. The zero-order valence-electron chi connectivity index (χ0n) is 13.1. The van der Waals surface area contributed by atoms with Gasteiger partial charge in [-0.25, -0.2) is 0 Å². The Balaban J connectivity index is 2.02. The van der Waals surface area contributed by atoms with Gasteiger partial charge in [0.1, 0.15) is 0 Å². The molecule has 1 aromatic rings. The summed E-state index contributed by atoms with van der Waals surface area (Å²) in [6.45, 7) is 5.07. The molecule has 0 spiro atoms. The summed E-state index contributed by atoms with van der Waals surface area (Å²) in [7, 11) is 4.16. The fourth-order valence-corrected chi connectivity index (χ4v) is 2.90. The summed E-state index contributed by atoms with van der Waals surface area (Å²) < 4.78 is 5.46. The van der Waals surface area contributed by atoms with Crippen molar-refractivity contribution in [2.75, 3.05) is 38.8 Å². The molecule has 0 aliphatic carbocycles. The summed E-state index contributed by atoms with van der Waals surface area (Å²) in [6, 6.07) is 9.43. The first-order chi connectivity index (χ1) is 9.70. The molecule has 1 aromatic carbocycles. The average Bonchev–Trinajstić information content (AvgIpc) is 2.48.